The molecule has 8 heteroatoms. The van der Waals surface area contributed by atoms with Gasteiger partial charge in [-0.15, -0.1) is 0 Å². The molecule has 0 amide bonds. The molecule has 0 radical (unpaired) electrons. The van der Waals surface area contributed by atoms with Crippen LogP contribution in [0.4, 0.5) is 8.78 Å². The summed E-state index contributed by atoms with van der Waals surface area (Å²) in [6.45, 7) is 0. The Balaban J connectivity index is 2.12. The first-order valence-electron chi connectivity index (χ1n) is 5.65. The molecule has 0 atom stereocenters. The first-order valence-corrected chi connectivity index (χ1v) is 5.65. The molecular formula is C13H6F2N2O4. The maximum Gasteiger partial charge on any atom is 0.336 e. The van der Waals surface area contributed by atoms with E-state index in [0.717, 1.165) is 0 Å². The molecule has 106 valence electrons. The highest BCUT2D eigenvalue weighted by molar-refractivity contribution is 5.94. The van der Waals surface area contributed by atoms with E-state index in [4.69, 9.17) is 14.0 Å². The maximum absolute atomic E-state index is 13.3. The van der Waals surface area contributed by atoms with Crippen LogP contribution in [0.3, 0.4) is 0 Å². The number of hydrogen-bond donors (Lipinski definition) is 1. The van der Waals surface area contributed by atoms with Crippen LogP contribution in [0.25, 0.3) is 22.8 Å². The van der Waals surface area contributed by atoms with Crippen molar-refractivity contribution in [3.63, 3.8) is 0 Å². The van der Waals surface area contributed by atoms with Gasteiger partial charge in [0.2, 0.25) is 5.82 Å². The highest BCUT2D eigenvalue weighted by Gasteiger charge is 2.21. The summed E-state index contributed by atoms with van der Waals surface area (Å²) >= 11 is 0. The van der Waals surface area contributed by atoms with E-state index in [2.05, 4.69) is 10.1 Å². The Kier molecular flexibility index (Phi) is 2.98. The van der Waals surface area contributed by atoms with E-state index in [1.165, 1.54) is 12.5 Å². The van der Waals surface area contributed by atoms with Crippen molar-refractivity contribution in [2.24, 2.45) is 0 Å². The van der Waals surface area contributed by atoms with Gasteiger partial charge >= 0.3 is 5.97 Å². The van der Waals surface area contributed by atoms with Crippen molar-refractivity contribution in [3.05, 3.63) is 47.9 Å². The predicted octanol–water partition coefficient (Wildman–Crippen LogP) is 2.97. The van der Waals surface area contributed by atoms with Crippen molar-refractivity contribution in [1.82, 2.24) is 10.1 Å². The van der Waals surface area contributed by atoms with E-state index in [1.54, 1.807) is 6.07 Å². The summed E-state index contributed by atoms with van der Waals surface area (Å²) in [6.07, 6.45) is 2.75. The molecule has 0 saturated carbocycles. The van der Waals surface area contributed by atoms with Crippen molar-refractivity contribution in [2.75, 3.05) is 0 Å². The highest BCUT2D eigenvalue weighted by atomic mass is 19.2. The summed E-state index contributed by atoms with van der Waals surface area (Å²) in [6, 6.07) is 2.83. The van der Waals surface area contributed by atoms with Gasteiger partial charge in [-0.2, -0.15) is 4.98 Å². The molecule has 21 heavy (non-hydrogen) atoms. The Morgan fingerprint density at radius 3 is 2.67 bits per heavy atom. The lowest BCUT2D eigenvalue weighted by atomic mass is 10.1. The van der Waals surface area contributed by atoms with Gasteiger partial charge in [0.1, 0.15) is 6.26 Å². The molecule has 3 aromatic rings. The smallest absolute Gasteiger partial charge is 0.336 e. The topological polar surface area (TPSA) is 89.4 Å². The SMILES string of the molecule is O=C(O)c1cc(F)c(F)cc1-c1nc(-c2ccoc2)no1. The molecule has 0 saturated heterocycles. The van der Waals surface area contributed by atoms with Crippen LogP contribution in [0.5, 0.6) is 0 Å². The van der Waals surface area contributed by atoms with Crippen LogP contribution in [-0.4, -0.2) is 21.2 Å². The normalized spacial score (nSPS) is 10.8. The molecule has 0 bridgehead atoms. The Hall–Kier alpha value is -3.03. The average molecular weight is 292 g/mol. The zero-order valence-corrected chi connectivity index (χ0v) is 10.2. The Bertz CT molecular complexity index is 812. The fourth-order valence-corrected chi connectivity index (χ4v) is 1.74. The van der Waals surface area contributed by atoms with E-state index in [9.17, 15) is 13.6 Å². The number of benzene rings is 1. The molecule has 0 unspecified atom stereocenters. The minimum atomic E-state index is -1.44. The van der Waals surface area contributed by atoms with E-state index < -0.39 is 23.2 Å². The molecule has 1 aromatic carbocycles. The lowest BCUT2D eigenvalue weighted by Crippen LogP contribution is -2.02. The molecule has 2 aromatic heterocycles. The molecule has 0 aliphatic carbocycles. The molecule has 6 nitrogen and oxygen atoms in total. The zero-order valence-electron chi connectivity index (χ0n) is 10.2. The summed E-state index contributed by atoms with van der Waals surface area (Å²) in [4.78, 5) is 15.0. The number of carbonyl (C=O) groups is 1. The molecular weight excluding hydrogens is 286 g/mol. The molecule has 0 fully saturated rings. The molecule has 1 N–H and O–H groups in total. The second kappa shape index (κ2) is 4.82. The highest BCUT2D eigenvalue weighted by Crippen LogP contribution is 2.27. The minimum Gasteiger partial charge on any atom is -0.478 e. The van der Waals surface area contributed by atoms with Crippen LogP contribution in [0.2, 0.25) is 0 Å². The van der Waals surface area contributed by atoms with E-state index >= 15 is 0 Å². The van der Waals surface area contributed by atoms with Gasteiger partial charge < -0.3 is 14.0 Å². The second-order valence-corrected chi connectivity index (χ2v) is 4.05. The zero-order chi connectivity index (χ0) is 15.0. The third-order valence-electron chi connectivity index (χ3n) is 2.73. The van der Waals surface area contributed by atoms with Crippen LogP contribution in [0.1, 0.15) is 10.4 Å². The Morgan fingerprint density at radius 1 is 1.24 bits per heavy atom. The van der Waals surface area contributed by atoms with Gasteiger partial charge in [-0.25, -0.2) is 13.6 Å². The summed E-state index contributed by atoms with van der Waals surface area (Å²) < 4.78 is 36.2. The van der Waals surface area contributed by atoms with Crippen molar-refractivity contribution in [2.45, 2.75) is 0 Å². The van der Waals surface area contributed by atoms with Gasteiger partial charge in [-0.3, -0.25) is 0 Å². The van der Waals surface area contributed by atoms with Crippen LogP contribution >= 0.6 is 0 Å². The van der Waals surface area contributed by atoms with Crippen LogP contribution in [-0.2, 0) is 0 Å². The van der Waals surface area contributed by atoms with Crippen LogP contribution in [0, 0.1) is 11.6 Å². The maximum atomic E-state index is 13.3. The lowest BCUT2D eigenvalue weighted by molar-refractivity contribution is 0.0696. The number of aromatic carboxylic acids is 1. The number of rotatable bonds is 3. The quantitative estimate of drug-likeness (QED) is 0.798. The fraction of sp³-hybridized carbons (Fsp3) is 0. The third kappa shape index (κ3) is 2.27. The number of hydrogen-bond acceptors (Lipinski definition) is 5. The van der Waals surface area contributed by atoms with E-state index in [0.29, 0.717) is 17.7 Å². The molecule has 0 aliphatic rings. The molecule has 0 aliphatic heterocycles. The summed E-state index contributed by atoms with van der Waals surface area (Å²) in [5, 5.41) is 12.7. The van der Waals surface area contributed by atoms with Gasteiger partial charge in [0.05, 0.1) is 23.0 Å². The van der Waals surface area contributed by atoms with Crippen LogP contribution in [0.15, 0.2) is 39.7 Å². The lowest BCUT2D eigenvalue weighted by Gasteiger charge is -2.02. The van der Waals surface area contributed by atoms with Crippen molar-refractivity contribution < 1.29 is 27.6 Å². The number of furan rings is 1. The first kappa shape index (κ1) is 13.0. The number of halogens is 2. The van der Waals surface area contributed by atoms with Gasteiger partial charge in [-0.05, 0) is 18.2 Å². The molecule has 0 spiro atoms. The fourth-order valence-electron chi connectivity index (χ4n) is 1.74. The summed E-state index contributed by atoms with van der Waals surface area (Å²) in [7, 11) is 0. The summed E-state index contributed by atoms with van der Waals surface area (Å²) in [5.41, 5.74) is -0.176. The van der Waals surface area contributed by atoms with Crippen molar-refractivity contribution in [3.8, 4) is 22.8 Å². The van der Waals surface area contributed by atoms with Gasteiger partial charge in [0, 0.05) is 0 Å². The van der Waals surface area contributed by atoms with Crippen LogP contribution < -0.4 is 0 Å². The monoisotopic (exact) mass is 292 g/mol. The number of carboxylic acids is 1. The van der Waals surface area contributed by atoms with Gasteiger partial charge in [-0.1, -0.05) is 5.16 Å². The first-order chi connectivity index (χ1) is 10.1. The second-order valence-electron chi connectivity index (χ2n) is 4.05. The van der Waals surface area contributed by atoms with Gasteiger partial charge in [0.15, 0.2) is 11.6 Å². The van der Waals surface area contributed by atoms with E-state index in [1.807, 2.05) is 0 Å². The molecule has 2 heterocycles. The van der Waals surface area contributed by atoms with Gasteiger partial charge in [0.25, 0.3) is 5.89 Å². The number of aromatic nitrogens is 2. The standard InChI is InChI=1S/C13H6F2N2O4/c14-9-3-7(8(13(18)19)4-10(9)15)12-16-11(17-21-12)6-1-2-20-5-6/h1-5H,(H,18,19). The summed E-state index contributed by atoms with van der Waals surface area (Å²) in [5.74, 6) is -4.02. The molecule has 3 rings (SSSR count). The number of nitrogens with zero attached hydrogens (tertiary/aromatic N) is 2. The Morgan fingerprint density at radius 2 is 2.00 bits per heavy atom. The number of carboxylic acid groups (broad SMARTS) is 1. The Labute approximate surface area is 115 Å². The van der Waals surface area contributed by atoms with Crippen molar-refractivity contribution in [1.29, 1.82) is 0 Å². The predicted molar refractivity (Wildman–Crippen MR) is 64.3 cm³/mol. The average Bonchev–Trinajstić information content (AvgIpc) is 3.10. The van der Waals surface area contributed by atoms with Crippen molar-refractivity contribution >= 4 is 5.97 Å². The van der Waals surface area contributed by atoms with E-state index in [-0.39, 0.29) is 17.3 Å². The third-order valence-corrected chi connectivity index (χ3v) is 2.73. The largest absolute Gasteiger partial charge is 0.478 e. The minimum absolute atomic E-state index is 0.139.